The average Bonchev–Trinajstić information content (AvgIpc) is 3.51. The topological polar surface area (TPSA) is 52.7 Å². The van der Waals surface area contributed by atoms with Gasteiger partial charge in [-0.3, -0.25) is 9.59 Å². The lowest BCUT2D eigenvalue weighted by atomic mass is 10.0. The van der Waals surface area contributed by atoms with E-state index in [-0.39, 0.29) is 24.2 Å². The highest BCUT2D eigenvalue weighted by Gasteiger charge is 2.32. The summed E-state index contributed by atoms with van der Waals surface area (Å²) in [5.41, 5.74) is 4.03. The van der Waals surface area contributed by atoms with E-state index in [1.807, 2.05) is 42.5 Å². The van der Waals surface area contributed by atoms with Gasteiger partial charge >= 0.3 is 0 Å². The number of benzene rings is 3. The number of rotatable bonds is 8. The van der Waals surface area contributed by atoms with Gasteiger partial charge in [-0.15, -0.1) is 0 Å². The van der Waals surface area contributed by atoms with Crippen LogP contribution in [0.1, 0.15) is 46.3 Å². The zero-order chi connectivity index (χ0) is 24.9. The molecule has 184 valence electrons. The Morgan fingerprint density at radius 2 is 1.67 bits per heavy atom. The molecule has 1 saturated heterocycles. The minimum atomic E-state index is -0.329. The molecule has 5 rings (SSSR count). The molecule has 2 aliphatic rings. The number of amides is 2. The molecule has 2 aliphatic heterocycles. The van der Waals surface area contributed by atoms with Crippen LogP contribution in [0.5, 0.6) is 0 Å². The Labute approximate surface area is 211 Å². The summed E-state index contributed by atoms with van der Waals surface area (Å²) in [6, 6.07) is 21.3. The number of hydrogen-bond donors (Lipinski definition) is 1. The van der Waals surface area contributed by atoms with Gasteiger partial charge in [0, 0.05) is 28.8 Å². The zero-order valence-electron chi connectivity index (χ0n) is 20.3. The number of nitrogens with one attached hydrogen (secondary N) is 1. The van der Waals surface area contributed by atoms with E-state index in [2.05, 4.69) is 10.2 Å². The molecule has 2 amide bonds. The van der Waals surface area contributed by atoms with Crippen LogP contribution in [0.2, 0.25) is 0 Å². The molecule has 3 aromatic carbocycles. The molecule has 0 aliphatic carbocycles. The second-order valence-corrected chi connectivity index (χ2v) is 9.34. The van der Waals surface area contributed by atoms with Gasteiger partial charge in [-0.2, -0.15) is 0 Å². The Morgan fingerprint density at radius 3 is 2.44 bits per heavy atom. The van der Waals surface area contributed by atoms with Gasteiger partial charge < -0.3 is 15.1 Å². The van der Waals surface area contributed by atoms with Crippen molar-refractivity contribution in [1.29, 1.82) is 0 Å². The number of likely N-dealkylation sites (tertiary alicyclic amines) is 1. The Balaban J connectivity index is 1.27. The fourth-order valence-corrected chi connectivity index (χ4v) is 4.91. The first-order valence-corrected chi connectivity index (χ1v) is 12.6. The second kappa shape index (κ2) is 10.9. The molecule has 5 nitrogen and oxygen atoms in total. The molecule has 0 unspecified atom stereocenters. The minimum absolute atomic E-state index is 0.0889. The van der Waals surface area contributed by atoms with E-state index < -0.39 is 0 Å². The van der Waals surface area contributed by atoms with E-state index in [0.717, 1.165) is 29.8 Å². The molecule has 0 radical (unpaired) electrons. The van der Waals surface area contributed by atoms with Crippen molar-refractivity contribution >= 4 is 29.2 Å². The molecule has 0 aromatic heterocycles. The molecule has 6 heteroatoms. The Kier molecular flexibility index (Phi) is 7.23. The highest BCUT2D eigenvalue weighted by atomic mass is 19.1. The first kappa shape index (κ1) is 23.9. The summed E-state index contributed by atoms with van der Waals surface area (Å²) in [4.78, 5) is 29.9. The average molecular weight is 484 g/mol. The summed E-state index contributed by atoms with van der Waals surface area (Å²) < 4.78 is 14.3. The van der Waals surface area contributed by atoms with Crippen molar-refractivity contribution in [2.75, 3.05) is 31.1 Å². The van der Waals surface area contributed by atoms with Crippen LogP contribution in [-0.4, -0.2) is 42.9 Å². The smallest absolute Gasteiger partial charge is 0.259 e. The van der Waals surface area contributed by atoms with Crippen molar-refractivity contribution in [3.63, 3.8) is 0 Å². The fraction of sp³-hybridized carbons (Fsp3) is 0.267. The Hall–Kier alpha value is -3.77. The van der Waals surface area contributed by atoms with Crippen molar-refractivity contribution in [1.82, 2.24) is 10.2 Å². The molecule has 1 fully saturated rings. The molecule has 0 spiro atoms. The molecule has 3 aromatic rings. The third kappa shape index (κ3) is 5.24. The largest absolute Gasteiger partial charge is 0.352 e. The monoisotopic (exact) mass is 483 g/mol. The van der Waals surface area contributed by atoms with Crippen molar-refractivity contribution in [3.05, 3.63) is 101 Å². The van der Waals surface area contributed by atoms with E-state index in [0.29, 0.717) is 23.2 Å². The summed E-state index contributed by atoms with van der Waals surface area (Å²) in [5.74, 6) is -0.585. The third-order valence-corrected chi connectivity index (χ3v) is 6.87. The molecular formula is C30H30FN3O2. The van der Waals surface area contributed by atoms with Gasteiger partial charge in [0.1, 0.15) is 5.82 Å². The predicted octanol–water partition coefficient (Wildman–Crippen LogP) is 5.13. The van der Waals surface area contributed by atoms with Crippen LogP contribution in [0.3, 0.4) is 0 Å². The van der Waals surface area contributed by atoms with Crippen molar-refractivity contribution in [2.24, 2.45) is 0 Å². The van der Waals surface area contributed by atoms with E-state index >= 15 is 0 Å². The summed E-state index contributed by atoms with van der Waals surface area (Å²) in [5, 5.41) is 3.00. The number of carbonyl (C=O) groups is 2. The SMILES string of the molecule is O=C(NCCCN1CCCC1)c1ccc(C=C2C(=O)N(Cc3ccccc3F)c3ccccc32)cc1. The van der Waals surface area contributed by atoms with Crippen molar-refractivity contribution < 1.29 is 14.0 Å². The second-order valence-electron chi connectivity index (χ2n) is 9.34. The first-order chi connectivity index (χ1) is 17.6. The summed E-state index contributed by atoms with van der Waals surface area (Å²) in [7, 11) is 0. The molecular weight excluding hydrogens is 453 g/mol. The van der Waals surface area contributed by atoms with Gasteiger partial charge in [0.15, 0.2) is 0 Å². The third-order valence-electron chi connectivity index (χ3n) is 6.87. The Bertz CT molecular complexity index is 1280. The predicted molar refractivity (Wildman–Crippen MR) is 141 cm³/mol. The van der Waals surface area contributed by atoms with E-state index in [1.165, 1.54) is 32.0 Å². The lowest BCUT2D eigenvalue weighted by Crippen LogP contribution is -2.28. The number of nitrogens with zero attached hydrogens (tertiary/aromatic N) is 2. The lowest BCUT2D eigenvalue weighted by molar-refractivity contribution is -0.113. The number of para-hydroxylation sites is 1. The van der Waals surface area contributed by atoms with Crippen molar-refractivity contribution in [2.45, 2.75) is 25.8 Å². The van der Waals surface area contributed by atoms with Gasteiger partial charge in [-0.05, 0) is 74.8 Å². The van der Waals surface area contributed by atoms with Gasteiger partial charge in [-0.1, -0.05) is 48.5 Å². The quantitative estimate of drug-likeness (QED) is 0.357. The summed E-state index contributed by atoms with van der Waals surface area (Å²) in [6.45, 7) is 4.18. The van der Waals surface area contributed by atoms with Crippen LogP contribution in [0.25, 0.3) is 11.6 Å². The summed E-state index contributed by atoms with van der Waals surface area (Å²) >= 11 is 0. The number of fused-ring (bicyclic) bond motifs is 1. The Morgan fingerprint density at radius 1 is 0.944 bits per heavy atom. The van der Waals surface area contributed by atoms with Gasteiger partial charge in [0.2, 0.25) is 0 Å². The maximum Gasteiger partial charge on any atom is 0.259 e. The van der Waals surface area contributed by atoms with Gasteiger partial charge in [-0.25, -0.2) is 4.39 Å². The van der Waals surface area contributed by atoms with Crippen molar-refractivity contribution in [3.8, 4) is 0 Å². The van der Waals surface area contributed by atoms with E-state index in [4.69, 9.17) is 0 Å². The fourth-order valence-electron chi connectivity index (χ4n) is 4.91. The highest BCUT2D eigenvalue weighted by molar-refractivity contribution is 6.35. The standard InChI is InChI=1S/C30H30FN3O2/c31-27-10-3-1-8-24(27)21-34-28-11-4-2-9-25(28)26(30(34)36)20-22-12-14-23(15-13-22)29(35)32-16-7-19-33-17-5-6-18-33/h1-4,8-15,20H,5-7,16-19,21H2,(H,32,35). The van der Waals surface area contributed by atoms with Crippen LogP contribution in [0.15, 0.2) is 72.8 Å². The van der Waals surface area contributed by atoms with Gasteiger partial charge in [0.25, 0.3) is 11.8 Å². The normalized spacial score (nSPS) is 16.5. The number of hydrogen-bond acceptors (Lipinski definition) is 3. The van der Waals surface area contributed by atoms with E-state index in [9.17, 15) is 14.0 Å². The molecule has 0 bridgehead atoms. The van der Waals surface area contributed by atoms with Crippen LogP contribution >= 0.6 is 0 Å². The van der Waals surface area contributed by atoms with Crippen LogP contribution < -0.4 is 10.2 Å². The maximum absolute atomic E-state index is 14.3. The van der Waals surface area contributed by atoms with Crippen LogP contribution in [0, 0.1) is 5.82 Å². The lowest BCUT2D eigenvalue weighted by Gasteiger charge is -2.17. The molecule has 0 atom stereocenters. The molecule has 36 heavy (non-hydrogen) atoms. The highest BCUT2D eigenvalue weighted by Crippen LogP contribution is 2.38. The first-order valence-electron chi connectivity index (χ1n) is 12.6. The molecule has 0 saturated carbocycles. The minimum Gasteiger partial charge on any atom is -0.352 e. The molecule has 2 heterocycles. The summed E-state index contributed by atoms with van der Waals surface area (Å²) in [6.07, 6.45) is 5.33. The van der Waals surface area contributed by atoms with Crippen LogP contribution in [-0.2, 0) is 11.3 Å². The molecule has 1 N–H and O–H groups in total. The van der Waals surface area contributed by atoms with Crippen LogP contribution in [0.4, 0.5) is 10.1 Å². The van der Waals surface area contributed by atoms with E-state index in [1.54, 1.807) is 35.2 Å². The zero-order valence-corrected chi connectivity index (χ0v) is 20.3. The number of halogens is 1. The van der Waals surface area contributed by atoms with Gasteiger partial charge in [0.05, 0.1) is 12.2 Å². The number of anilines is 1. The maximum atomic E-state index is 14.3. The number of carbonyl (C=O) groups excluding carboxylic acids is 2.